The summed E-state index contributed by atoms with van der Waals surface area (Å²) in [4.78, 5) is 2.35. The Hall–Kier alpha value is -0.770. The van der Waals surface area contributed by atoms with E-state index in [9.17, 15) is 0 Å². The fourth-order valence-electron chi connectivity index (χ4n) is 2.75. The second-order valence-corrected chi connectivity index (χ2v) is 5.80. The zero-order valence-electron chi connectivity index (χ0n) is 11.8. The van der Waals surface area contributed by atoms with E-state index in [0.717, 1.165) is 41.9 Å². The van der Waals surface area contributed by atoms with Gasteiger partial charge in [0.05, 0.1) is 7.11 Å². The molecule has 0 amide bonds. The Kier molecular flexibility index (Phi) is 5.49. The molecule has 19 heavy (non-hydrogen) atoms. The van der Waals surface area contributed by atoms with Crippen LogP contribution in [0.4, 0.5) is 0 Å². The topological polar surface area (TPSA) is 24.5 Å². The lowest BCUT2D eigenvalue weighted by atomic mass is 9.99. The molecule has 0 bridgehead atoms. The average molecular weight is 283 g/mol. The first kappa shape index (κ1) is 14.6. The molecule has 1 unspecified atom stereocenters. The summed E-state index contributed by atoms with van der Waals surface area (Å²) >= 11 is 6.07. The zero-order valence-corrected chi connectivity index (χ0v) is 12.5. The number of benzene rings is 1. The van der Waals surface area contributed by atoms with Crippen LogP contribution in [0.15, 0.2) is 18.2 Å². The molecule has 0 aliphatic carbocycles. The van der Waals surface area contributed by atoms with Gasteiger partial charge in [0.1, 0.15) is 5.75 Å². The standard InChI is InChI=1S/C15H23ClN2O/c1-18(10-12-4-3-7-17-9-12)11-13-8-14(16)5-6-15(13)19-2/h5-6,8,12,17H,3-4,7,9-11H2,1-2H3. The van der Waals surface area contributed by atoms with Crippen molar-refractivity contribution in [2.75, 3.05) is 33.8 Å². The predicted octanol–water partition coefficient (Wildman–Crippen LogP) is 2.78. The Morgan fingerprint density at radius 1 is 1.47 bits per heavy atom. The van der Waals surface area contributed by atoms with Crippen LogP contribution in [0.3, 0.4) is 0 Å². The molecule has 0 radical (unpaired) electrons. The van der Waals surface area contributed by atoms with Gasteiger partial charge in [0.2, 0.25) is 0 Å². The molecule has 1 N–H and O–H groups in total. The van der Waals surface area contributed by atoms with E-state index in [2.05, 4.69) is 17.3 Å². The van der Waals surface area contributed by atoms with Crippen LogP contribution in [0.1, 0.15) is 18.4 Å². The Bertz CT molecular complexity index is 405. The van der Waals surface area contributed by atoms with E-state index < -0.39 is 0 Å². The van der Waals surface area contributed by atoms with Gasteiger partial charge in [-0.15, -0.1) is 0 Å². The first-order valence-corrected chi connectivity index (χ1v) is 7.28. The number of ether oxygens (including phenoxy) is 1. The number of hydrogen-bond acceptors (Lipinski definition) is 3. The summed E-state index contributed by atoms with van der Waals surface area (Å²) < 4.78 is 5.39. The molecule has 1 fully saturated rings. The van der Waals surface area contributed by atoms with Crippen LogP contribution in [-0.2, 0) is 6.54 Å². The molecule has 106 valence electrons. The minimum absolute atomic E-state index is 0.754. The quantitative estimate of drug-likeness (QED) is 0.899. The van der Waals surface area contributed by atoms with Crippen molar-refractivity contribution in [2.45, 2.75) is 19.4 Å². The fourth-order valence-corrected chi connectivity index (χ4v) is 2.94. The monoisotopic (exact) mass is 282 g/mol. The maximum atomic E-state index is 6.07. The van der Waals surface area contributed by atoms with E-state index in [1.807, 2.05) is 18.2 Å². The third-order valence-electron chi connectivity index (χ3n) is 3.65. The van der Waals surface area contributed by atoms with Crippen molar-refractivity contribution in [3.8, 4) is 5.75 Å². The van der Waals surface area contributed by atoms with E-state index in [0.29, 0.717) is 0 Å². The number of hydrogen-bond donors (Lipinski definition) is 1. The van der Waals surface area contributed by atoms with Gasteiger partial charge in [-0.3, -0.25) is 0 Å². The molecule has 1 aromatic rings. The Morgan fingerprint density at radius 3 is 3.00 bits per heavy atom. The van der Waals surface area contributed by atoms with Gasteiger partial charge in [0.15, 0.2) is 0 Å². The van der Waals surface area contributed by atoms with E-state index in [-0.39, 0.29) is 0 Å². The third-order valence-corrected chi connectivity index (χ3v) is 3.89. The van der Waals surface area contributed by atoms with Gasteiger partial charge >= 0.3 is 0 Å². The molecule has 1 heterocycles. The lowest BCUT2D eigenvalue weighted by Crippen LogP contribution is -2.36. The molecule has 4 heteroatoms. The smallest absolute Gasteiger partial charge is 0.123 e. The molecule has 3 nitrogen and oxygen atoms in total. The second kappa shape index (κ2) is 7.13. The fraction of sp³-hybridized carbons (Fsp3) is 0.600. The summed E-state index contributed by atoms with van der Waals surface area (Å²) in [6.07, 6.45) is 2.61. The maximum Gasteiger partial charge on any atom is 0.123 e. The summed E-state index contributed by atoms with van der Waals surface area (Å²) in [6.45, 7) is 4.29. The van der Waals surface area contributed by atoms with Gasteiger partial charge in [0.25, 0.3) is 0 Å². The summed E-state index contributed by atoms with van der Waals surface area (Å²) in [5.74, 6) is 1.67. The number of halogens is 1. The van der Waals surface area contributed by atoms with Crippen LogP contribution in [0.25, 0.3) is 0 Å². The third kappa shape index (κ3) is 4.37. The second-order valence-electron chi connectivity index (χ2n) is 5.37. The van der Waals surface area contributed by atoms with E-state index in [1.165, 1.54) is 19.4 Å². The van der Waals surface area contributed by atoms with Gasteiger partial charge in [0, 0.05) is 23.7 Å². The summed E-state index contributed by atoms with van der Waals surface area (Å²) in [5.41, 5.74) is 1.15. The molecule has 2 rings (SSSR count). The highest BCUT2D eigenvalue weighted by atomic mass is 35.5. The van der Waals surface area contributed by atoms with Crippen LogP contribution >= 0.6 is 11.6 Å². The van der Waals surface area contributed by atoms with Crippen LogP contribution < -0.4 is 10.1 Å². The maximum absolute atomic E-state index is 6.07. The molecular weight excluding hydrogens is 260 g/mol. The van der Waals surface area contributed by atoms with Gasteiger partial charge in [-0.2, -0.15) is 0 Å². The van der Waals surface area contributed by atoms with Gasteiger partial charge in [-0.25, -0.2) is 0 Å². The summed E-state index contributed by atoms with van der Waals surface area (Å²) in [7, 11) is 3.87. The van der Waals surface area contributed by atoms with Gasteiger partial charge in [-0.1, -0.05) is 11.6 Å². The SMILES string of the molecule is COc1ccc(Cl)cc1CN(C)CC1CCCNC1. The molecule has 0 spiro atoms. The number of methoxy groups -OCH3 is 1. The van der Waals surface area contributed by atoms with Gasteiger partial charge < -0.3 is 15.0 Å². The number of nitrogens with one attached hydrogen (secondary N) is 1. The number of rotatable bonds is 5. The van der Waals surface area contributed by atoms with Crippen molar-refractivity contribution in [2.24, 2.45) is 5.92 Å². The lowest BCUT2D eigenvalue weighted by molar-refractivity contribution is 0.235. The summed E-state index contributed by atoms with van der Waals surface area (Å²) in [6, 6.07) is 5.80. The number of piperidine rings is 1. The van der Waals surface area contributed by atoms with Crippen molar-refractivity contribution in [3.05, 3.63) is 28.8 Å². The van der Waals surface area contributed by atoms with Crippen molar-refractivity contribution < 1.29 is 4.74 Å². The Labute approximate surface area is 120 Å². The molecule has 0 aromatic heterocycles. The van der Waals surface area contributed by atoms with Crippen LogP contribution in [0, 0.1) is 5.92 Å². The molecule has 1 aromatic carbocycles. The van der Waals surface area contributed by atoms with Crippen LogP contribution in [-0.4, -0.2) is 38.7 Å². The normalized spacial score (nSPS) is 19.7. The van der Waals surface area contributed by atoms with Crippen molar-refractivity contribution in [1.82, 2.24) is 10.2 Å². The van der Waals surface area contributed by atoms with Crippen LogP contribution in [0.5, 0.6) is 5.75 Å². The number of nitrogens with zero attached hydrogens (tertiary/aromatic N) is 1. The van der Waals surface area contributed by atoms with E-state index in [4.69, 9.17) is 16.3 Å². The van der Waals surface area contributed by atoms with E-state index >= 15 is 0 Å². The highest BCUT2D eigenvalue weighted by molar-refractivity contribution is 6.30. The van der Waals surface area contributed by atoms with Crippen molar-refractivity contribution >= 4 is 11.6 Å². The molecule has 1 aliphatic heterocycles. The highest BCUT2D eigenvalue weighted by Gasteiger charge is 2.16. The average Bonchev–Trinajstić information content (AvgIpc) is 2.40. The first-order valence-electron chi connectivity index (χ1n) is 6.90. The summed E-state index contributed by atoms with van der Waals surface area (Å²) in [5, 5.41) is 4.23. The van der Waals surface area contributed by atoms with Crippen molar-refractivity contribution in [1.29, 1.82) is 0 Å². The Balaban J connectivity index is 1.93. The van der Waals surface area contributed by atoms with Crippen molar-refractivity contribution in [3.63, 3.8) is 0 Å². The molecule has 1 aliphatic rings. The minimum Gasteiger partial charge on any atom is -0.496 e. The Morgan fingerprint density at radius 2 is 2.32 bits per heavy atom. The highest BCUT2D eigenvalue weighted by Crippen LogP contribution is 2.24. The minimum atomic E-state index is 0.754. The van der Waals surface area contributed by atoms with Crippen LogP contribution in [0.2, 0.25) is 5.02 Å². The molecule has 0 saturated carbocycles. The predicted molar refractivity (Wildman–Crippen MR) is 79.9 cm³/mol. The molecular formula is C15H23ClN2O. The van der Waals surface area contributed by atoms with E-state index in [1.54, 1.807) is 7.11 Å². The lowest BCUT2D eigenvalue weighted by Gasteiger charge is -2.28. The first-order chi connectivity index (χ1) is 9.19. The molecule has 1 saturated heterocycles. The molecule has 1 atom stereocenters. The van der Waals surface area contributed by atoms with Gasteiger partial charge in [-0.05, 0) is 57.1 Å². The largest absolute Gasteiger partial charge is 0.496 e. The zero-order chi connectivity index (χ0) is 13.7.